The Morgan fingerprint density at radius 2 is 2.25 bits per heavy atom. The van der Waals surface area contributed by atoms with Crippen molar-refractivity contribution in [3.63, 3.8) is 0 Å². The van der Waals surface area contributed by atoms with E-state index in [1.807, 2.05) is 0 Å². The van der Waals surface area contributed by atoms with Crippen LogP contribution in [0.5, 0.6) is 0 Å². The lowest BCUT2D eigenvalue weighted by Crippen LogP contribution is -2.28. The maximum Gasteiger partial charge on any atom is 0.220 e. The van der Waals surface area contributed by atoms with Gasteiger partial charge in [0.15, 0.2) is 0 Å². The fraction of sp³-hybridized carbons (Fsp3) is 0.889. The quantitative estimate of drug-likeness (QED) is 0.520. The summed E-state index contributed by atoms with van der Waals surface area (Å²) in [5, 5.41) is 2.86. The summed E-state index contributed by atoms with van der Waals surface area (Å²) in [6, 6.07) is 0. The third-order valence-electron chi connectivity index (χ3n) is 2.33. The Morgan fingerprint density at radius 3 is 2.75 bits per heavy atom. The monoisotopic (exact) mass is 189 g/mol. The Labute approximate surface area is 78.7 Å². The highest BCUT2D eigenvalue weighted by Gasteiger charge is 2.19. The number of hydrogen-bond donors (Lipinski definition) is 1. The van der Waals surface area contributed by atoms with Crippen LogP contribution in [0, 0.1) is 5.92 Å². The van der Waals surface area contributed by atoms with E-state index in [0.29, 0.717) is 11.8 Å². The lowest BCUT2D eigenvalue weighted by Gasteiger charge is -2.24. The first-order chi connectivity index (χ1) is 5.83. The van der Waals surface area contributed by atoms with E-state index in [9.17, 15) is 4.79 Å². The average Bonchev–Trinajstić information content (AvgIpc) is 1.98. The van der Waals surface area contributed by atoms with Gasteiger partial charge >= 0.3 is 0 Å². The number of nitrogens with one attached hydrogen (secondary N) is 1. The first kappa shape index (κ1) is 9.85. The number of hydrogen-bond acceptors (Lipinski definition) is 1. The standard InChI is InChI=1S/C9H16ClNO/c10-5-2-6-11-9(12)7-8-3-1-4-8/h8H,1-7H2,(H,11,12). The average molecular weight is 190 g/mol. The molecule has 1 amide bonds. The Hall–Kier alpha value is -0.240. The maximum atomic E-state index is 11.2. The van der Waals surface area contributed by atoms with Crippen LogP contribution in [0.25, 0.3) is 0 Å². The number of carbonyl (C=O) groups is 1. The summed E-state index contributed by atoms with van der Waals surface area (Å²) in [5.41, 5.74) is 0. The Bertz CT molecular complexity index is 145. The number of alkyl halides is 1. The summed E-state index contributed by atoms with van der Waals surface area (Å²) < 4.78 is 0. The van der Waals surface area contributed by atoms with Crippen LogP contribution in [0.1, 0.15) is 32.1 Å². The summed E-state index contributed by atoms with van der Waals surface area (Å²) in [4.78, 5) is 11.2. The van der Waals surface area contributed by atoms with Gasteiger partial charge in [-0.1, -0.05) is 6.42 Å². The number of carbonyl (C=O) groups excluding carboxylic acids is 1. The molecule has 0 atom stereocenters. The molecule has 3 heteroatoms. The van der Waals surface area contributed by atoms with Crippen molar-refractivity contribution in [3.8, 4) is 0 Å². The van der Waals surface area contributed by atoms with E-state index in [2.05, 4.69) is 5.32 Å². The molecule has 0 radical (unpaired) electrons. The zero-order chi connectivity index (χ0) is 8.81. The highest BCUT2D eigenvalue weighted by Crippen LogP contribution is 2.28. The molecule has 0 aromatic carbocycles. The van der Waals surface area contributed by atoms with Gasteiger partial charge in [-0.3, -0.25) is 4.79 Å². The summed E-state index contributed by atoms with van der Waals surface area (Å²) in [6.07, 6.45) is 5.38. The zero-order valence-electron chi connectivity index (χ0n) is 7.31. The van der Waals surface area contributed by atoms with Crippen LogP contribution >= 0.6 is 11.6 Å². The summed E-state index contributed by atoms with van der Waals surface area (Å²) >= 11 is 5.48. The van der Waals surface area contributed by atoms with Crippen LogP contribution in [-0.4, -0.2) is 18.3 Å². The van der Waals surface area contributed by atoms with Gasteiger partial charge in [-0.05, 0) is 25.2 Å². The molecule has 0 bridgehead atoms. The molecule has 0 saturated heterocycles. The van der Waals surface area contributed by atoms with Crippen LogP contribution < -0.4 is 5.32 Å². The van der Waals surface area contributed by atoms with E-state index in [0.717, 1.165) is 19.4 Å². The minimum Gasteiger partial charge on any atom is -0.356 e. The fourth-order valence-electron chi connectivity index (χ4n) is 1.33. The van der Waals surface area contributed by atoms with Crippen molar-refractivity contribution in [1.29, 1.82) is 0 Å². The lowest BCUT2D eigenvalue weighted by atomic mass is 9.83. The minimum absolute atomic E-state index is 0.199. The van der Waals surface area contributed by atoms with Gasteiger partial charge in [0.2, 0.25) is 5.91 Å². The minimum atomic E-state index is 0.199. The Balaban J connectivity index is 1.95. The van der Waals surface area contributed by atoms with E-state index >= 15 is 0 Å². The molecule has 0 aliphatic heterocycles. The molecule has 1 rings (SSSR count). The van der Waals surface area contributed by atoms with Gasteiger partial charge in [-0.25, -0.2) is 0 Å². The molecule has 12 heavy (non-hydrogen) atoms. The smallest absolute Gasteiger partial charge is 0.220 e. The van der Waals surface area contributed by atoms with E-state index in [1.54, 1.807) is 0 Å². The molecule has 70 valence electrons. The topological polar surface area (TPSA) is 29.1 Å². The lowest BCUT2D eigenvalue weighted by molar-refractivity contribution is -0.122. The van der Waals surface area contributed by atoms with Crippen LogP contribution in [0.4, 0.5) is 0 Å². The molecule has 1 saturated carbocycles. The molecule has 0 heterocycles. The van der Waals surface area contributed by atoms with Crippen LogP contribution in [0.2, 0.25) is 0 Å². The van der Waals surface area contributed by atoms with Gasteiger partial charge < -0.3 is 5.32 Å². The third-order valence-corrected chi connectivity index (χ3v) is 2.60. The number of amides is 1. The maximum absolute atomic E-state index is 11.2. The second-order valence-corrected chi connectivity index (χ2v) is 3.77. The fourth-order valence-corrected chi connectivity index (χ4v) is 1.46. The van der Waals surface area contributed by atoms with Gasteiger partial charge in [-0.2, -0.15) is 0 Å². The highest BCUT2D eigenvalue weighted by molar-refractivity contribution is 6.17. The predicted molar refractivity (Wildman–Crippen MR) is 50.3 cm³/mol. The molecule has 0 unspecified atom stereocenters. The summed E-state index contributed by atoms with van der Waals surface area (Å²) in [6.45, 7) is 0.731. The van der Waals surface area contributed by atoms with E-state index in [4.69, 9.17) is 11.6 Å². The molecule has 1 aliphatic carbocycles. The number of rotatable bonds is 5. The van der Waals surface area contributed by atoms with Crippen molar-refractivity contribution in [1.82, 2.24) is 5.32 Å². The molecule has 1 fully saturated rings. The molecule has 1 N–H and O–H groups in total. The first-order valence-corrected chi connectivity index (χ1v) is 5.19. The summed E-state index contributed by atoms with van der Waals surface area (Å²) in [7, 11) is 0. The molecular weight excluding hydrogens is 174 g/mol. The Kier molecular flexibility index (Phi) is 4.44. The Morgan fingerprint density at radius 1 is 1.50 bits per heavy atom. The number of halogens is 1. The van der Waals surface area contributed by atoms with Crippen molar-refractivity contribution in [2.75, 3.05) is 12.4 Å². The first-order valence-electron chi connectivity index (χ1n) is 4.65. The molecule has 2 nitrogen and oxygen atoms in total. The SMILES string of the molecule is O=C(CC1CCC1)NCCCCl. The van der Waals surface area contributed by atoms with Crippen LogP contribution in [-0.2, 0) is 4.79 Å². The molecule has 0 aromatic heterocycles. The third kappa shape index (κ3) is 3.44. The van der Waals surface area contributed by atoms with Gasteiger partial charge in [0.25, 0.3) is 0 Å². The normalized spacial score (nSPS) is 17.1. The van der Waals surface area contributed by atoms with Crippen molar-refractivity contribution < 1.29 is 4.79 Å². The molecule has 0 aromatic rings. The van der Waals surface area contributed by atoms with Crippen LogP contribution in [0.3, 0.4) is 0 Å². The second kappa shape index (κ2) is 5.41. The predicted octanol–water partition coefficient (Wildman–Crippen LogP) is 1.92. The van der Waals surface area contributed by atoms with E-state index in [-0.39, 0.29) is 5.91 Å². The van der Waals surface area contributed by atoms with E-state index in [1.165, 1.54) is 19.3 Å². The van der Waals surface area contributed by atoms with Crippen molar-refractivity contribution in [2.45, 2.75) is 32.1 Å². The van der Waals surface area contributed by atoms with Crippen molar-refractivity contribution in [2.24, 2.45) is 5.92 Å². The zero-order valence-corrected chi connectivity index (χ0v) is 8.07. The van der Waals surface area contributed by atoms with Gasteiger partial charge in [0.1, 0.15) is 0 Å². The van der Waals surface area contributed by atoms with Gasteiger partial charge in [0.05, 0.1) is 0 Å². The van der Waals surface area contributed by atoms with Crippen molar-refractivity contribution in [3.05, 3.63) is 0 Å². The molecule has 1 aliphatic rings. The highest BCUT2D eigenvalue weighted by atomic mass is 35.5. The second-order valence-electron chi connectivity index (χ2n) is 3.39. The largest absolute Gasteiger partial charge is 0.356 e. The van der Waals surface area contributed by atoms with Crippen LogP contribution in [0.15, 0.2) is 0 Å². The van der Waals surface area contributed by atoms with Gasteiger partial charge in [0, 0.05) is 18.8 Å². The van der Waals surface area contributed by atoms with Gasteiger partial charge in [-0.15, -0.1) is 11.6 Å². The van der Waals surface area contributed by atoms with E-state index < -0.39 is 0 Å². The van der Waals surface area contributed by atoms with Crippen molar-refractivity contribution >= 4 is 17.5 Å². The summed E-state index contributed by atoms with van der Waals surface area (Å²) in [5.74, 6) is 1.50. The molecular formula is C9H16ClNO. The molecule has 0 spiro atoms.